The number of allylic oxidation sites excluding steroid dienone is 1. The first-order chi connectivity index (χ1) is 16.7. The molecule has 4 nitrogen and oxygen atoms in total. The van der Waals surface area contributed by atoms with E-state index in [1.165, 1.54) is 0 Å². The van der Waals surface area contributed by atoms with E-state index in [9.17, 15) is 9.59 Å². The van der Waals surface area contributed by atoms with Gasteiger partial charge in [0.05, 0.1) is 0 Å². The van der Waals surface area contributed by atoms with E-state index in [-0.39, 0.29) is 33.1 Å². The molecule has 1 saturated heterocycles. The molecule has 1 amide bonds. The summed E-state index contributed by atoms with van der Waals surface area (Å²) in [5.74, 6) is 0.102. The minimum absolute atomic E-state index is 0.0400. The van der Waals surface area contributed by atoms with Gasteiger partial charge in [0.25, 0.3) is 0 Å². The average Bonchev–Trinajstić information content (AvgIpc) is 3.13. The Labute approximate surface area is 205 Å². The number of carbonyl (C=O) groups excluding carboxylic acids is 2. The Morgan fingerprint density at radius 3 is 2.12 bits per heavy atom. The normalized spacial score (nSPS) is 24.1. The molecule has 1 aliphatic carbocycles. The van der Waals surface area contributed by atoms with Crippen molar-refractivity contribution in [3.63, 3.8) is 0 Å². The predicted octanol–water partition coefficient (Wildman–Crippen LogP) is 3.46. The van der Waals surface area contributed by atoms with Crippen LogP contribution in [0, 0.1) is 0 Å². The summed E-state index contributed by atoms with van der Waals surface area (Å²) in [4.78, 5) is 29.1. The molecule has 2 atom stereocenters. The van der Waals surface area contributed by atoms with Gasteiger partial charge in [-0.15, -0.1) is 0 Å². The number of morpholine rings is 1. The van der Waals surface area contributed by atoms with Crippen LogP contribution < -0.4 is 4.46 Å². The van der Waals surface area contributed by atoms with Crippen molar-refractivity contribution >= 4 is 42.3 Å². The Hall–Kier alpha value is -3.24. The Bertz CT molecular complexity index is 1320. The number of hydrogen-bond donors (Lipinski definition) is 0. The van der Waals surface area contributed by atoms with E-state index in [0.717, 1.165) is 31.2 Å². The fourth-order valence-corrected chi connectivity index (χ4v) is 7.78. The van der Waals surface area contributed by atoms with Gasteiger partial charge in [0.15, 0.2) is 0 Å². The molecule has 1 fully saturated rings. The van der Waals surface area contributed by atoms with Gasteiger partial charge >= 0.3 is 205 Å². The minimum atomic E-state index is -0.822. The summed E-state index contributed by atoms with van der Waals surface area (Å²) < 4.78 is 8.32. The molecule has 3 aromatic carbocycles. The average molecular weight is 512 g/mol. The topological polar surface area (TPSA) is 46.6 Å². The van der Waals surface area contributed by atoms with Crippen LogP contribution >= 0.6 is 0 Å². The van der Waals surface area contributed by atoms with Gasteiger partial charge in [-0.3, -0.25) is 0 Å². The van der Waals surface area contributed by atoms with Crippen molar-refractivity contribution in [3.05, 3.63) is 113 Å². The number of ether oxygens (including phenoxy) is 1. The summed E-state index contributed by atoms with van der Waals surface area (Å²) in [7, 11) is 0. The Balaban J connectivity index is 1.66. The third-order valence-electron chi connectivity index (χ3n) is 6.79. The molecule has 3 aromatic rings. The molecule has 0 aromatic heterocycles. The van der Waals surface area contributed by atoms with E-state index in [1.807, 2.05) is 71.6 Å². The monoisotopic (exact) mass is 513 g/mol. The second kappa shape index (κ2) is 8.52. The van der Waals surface area contributed by atoms with E-state index < -0.39 is 11.6 Å². The molecule has 0 saturated carbocycles. The number of nitrogens with zero attached hydrogens (tertiary/aromatic N) is 1. The van der Waals surface area contributed by atoms with Gasteiger partial charge in [-0.1, -0.05) is 0 Å². The van der Waals surface area contributed by atoms with Gasteiger partial charge < -0.3 is 0 Å². The van der Waals surface area contributed by atoms with Crippen molar-refractivity contribution in [2.75, 3.05) is 13.2 Å². The summed E-state index contributed by atoms with van der Waals surface area (Å²) in [6.45, 7) is 0.930. The maximum absolute atomic E-state index is 14.2. The van der Waals surface area contributed by atoms with Crippen LogP contribution in [-0.4, -0.2) is 56.3 Å². The van der Waals surface area contributed by atoms with Gasteiger partial charge in [0.1, 0.15) is 0 Å². The van der Waals surface area contributed by atoms with E-state index in [2.05, 4.69) is 24.3 Å². The molecular weight excluding hydrogens is 489 g/mol. The van der Waals surface area contributed by atoms with Crippen LogP contribution in [0.4, 0.5) is 0 Å². The first-order valence-corrected chi connectivity index (χ1v) is 13.2. The van der Waals surface area contributed by atoms with Crippen LogP contribution in [0.2, 0.25) is 0 Å². The van der Waals surface area contributed by atoms with Crippen LogP contribution in [0.25, 0.3) is 11.1 Å². The number of amides is 1. The van der Waals surface area contributed by atoms with Gasteiger partial charge in [0, 0.05) is 0 Å². The van der Waals surface area contributed by atoms with Crippen molar-refractivity contribution in [2.24, 2.45) is 0 Å². The van der Waals surface area contributed by atoms with Crippen molar-refractivity contribution in [1.29, 1.82) is 0 Å². The second-order valence-electron chi connectivity index (χ2n) is 8.66. The first kappa shape index (κ1) is 21.3. The summed E-state index contributed by atoms with van der Waals surface area (Å²) in [6, 6.07) is 30.4. The first-order valence-electron chi connectivity index (χ1n) is 11.5. The van der Waals surface area contributed by atoms with Crippen LogP contribution in [0.15, 0.2) is 102 Å². The third kappa shape index (κ3) is 3.24. The standard InChI is InChI=1S/C29H23NO3Se/c31-22-18-24(20-10-4-1-5-11-20)29-25(19-22)33-17-16-30(29)28(32)27(34-23-14-8-3-9-15-23)26(29)21-12-6-2-7-13-21/h1-15,18,25H,16-17,19H2. The van der Waals surface area contributed by atoms with Gasteiger partial charge in [-0.05, 0) is 0 Å². The van der Waals surface area contributed by atoms with Crippen LogP contribution in [-0.2, 0) is 14.3 Å². The molecule has 2 heterocycles. The van der Waals surface area contributed by atoms with Gasteiger partial charge in [-0.2, -0.15) is 0 Å². The van der Waals surface area contributed by atoms with Crippen LogP contribution in [0.3, 0.4) is 0 Å². The van der Waals surface area contributed by atoms with E-state index >= 15 is 0 Å². The fourth-order valence-electron chi connectivity index (χ4n) is 5.47. The summed E-state index contributed by atoms with van der Waals surface area (Å²) in [5.41, 5.74) is 3.00. The Kier molecular flexibility index (Phi) is 5.34. The number of benzene rings is 3. The number of hydrogen-bond acceptors (Lipinski definition) is 3. The zero-order chi connectivity index (χ0) is 23.1. The number of ketones is 1. The SMILES string of the molecule is O=C1C=C(c2ccccc2)C23C(c4ccccc4)=C([Se]c4ccccc4)C(=O)N2CCOC3C1. The van der Waals surface area contributed by atoms with Gasteiger partial charge in [0.2, 0.25) is 0 Å². The summed E-state index contributed by atoms with van der Waals surface area (Å²) >= 11 is -0.191. The van der Waals surface area contributed by atoms with Crippen molar-refractivity contribution in [1.82, 2.24) is 4.90 Å². The summed E-state index contributed by atoms with van der Waals surface area (Å²) in [5, 5.41) is 0. The predicted molar refractivity (Wildman–Crippen MR) is 133 cm³/mol. The molecule has 0 radical (unpaired) electrons. The van der Waals surface area contributed by atoms with Crippen molar-refractivity contribution in [3.8, 4) is 0 Å². The maximum atomic E-state index is 14.2. The zero-order valence-electron chi connectivity index (χ0n) is 18.5. The third-order valence-corrected chi connectivity index (χ3v) is 9.07. The van der Waals surface area contributed by atoms with Crippen molar-refractivity contribution < 1.29 is 14.3 Å². The molecular formula is C29H23NO3Se. The summed E-state index contributed by atoms with van der Waals surface area (Å²) in [6.07, 6.45) is 1.60. The van der Waals surface area contributed by atoms with Crippen LogP contribution in [0.5, 0.6) is 0 Å². The van der Waals surface area contributed by atoms with E-state index in [4.69, 9.17) is 4.74 Å². The van der Waals surface area contributed by atoms with Gasteiger partial charge in [-0.25, -0.2) is 0 Å². The molecule has 34 heavy (non-hydrogen) atoms. The zero-order valence-corrected chi connectivity index (χ0v) is 20.2. The molecule has 2 unspecified atom stereocenters. The molecule has 2 aliphatic heterocycles. The van der Waals surface area contributed by atoms with E-state index in [0.29, 0.717) is 13.2 Å². The molecule has 168 valence electrons. The molecule has 6 rings (SSSR count). The molecule has 3 aliphatic rings. The van der Waals surface area contributed by atoms with E-state index in [1.54, 1.807) is 6.08 Å². The second-order valence-corrected chi connectivity index (χ2v) is 10.9. The Morgan fingerprint density at radius 1 is 0.824 bits per heavy atom. The molecule has 0 N–H and O–H groups in total. The number of carbonyl (C=O) groups is 2. The van der Waals surface area contributed by atoms with Crippen molar-refractivity contribution in [2.45, 2.75) is 18.1 Å². The Morgan fingerprint density at radius 2 is 1.44 bits per heavy atom. The molecule has 5 heteroatoms. The number of rotatable bonds is 4. The molecule has 1 spiro atoms. The fraction of sp³-hybridized carbons (Fsp3) is 0.172. The quantitative estimate of drug-likeness (QED) is 0.504. The molecule has 0 bridgehead atoms. The van der Waals surface area contributed by atoms with Crippen LogP contribution in [0.1, 0.15) is 17.5 Å².